The normalized spacial score (nSPS) is 12.9. The average Bonchev–Trinajstić information content (AvgIpc) is 3.18. The molecule has 2 heterocycles. The first-order valence-electron chi connectivity index (χ1n) is 10.00. The van der Waals surface area contributed by atoms with Crippen molar-refractivity contribution in [1.29, 1.82) is 0 Å². The SMILES string of the molecule is CCC(=O)Nc1cccc(C(=O)Nc2cccc(-c3cn4c(n3)CCCC4)c2)c1. The van der Waals surface area contributed by atoms with Gasteiger partial charge in [-0.3, -0.25) is 9.59 Å². The van der Waals surface area contributed by atoms with E-state index < -0.39 is 0 Å². The van der Waals surface area contributed by atoms with Crippen LogP contribution in [0.15, 0.2) is 54.7 Å². The van der Waals surface area contributed by atoms with Gasteiger partial charge in [0.05, 0.1) is 5.69 Å². The summed E-state index contributed by atoms with van der Waals surface area (Å²) in [6.07, 6.45) is 5.87. The van der Waals surface area contributed by atoms with Gasteiger partial charge in [0.25, 0.3) is 5.91 Å². The summed E-state index contributed by atoms with van der Waals surface area (Å²) in [6, 6.07) is 14.7. The standard InChI is InChI=1S/C23H24N4O2/c1-2-22(28)24-18-9-6-8-17(14-18)23(29)25-19-10-5-7-16(13-19)20-15-27-12-4-3-11-21(27)26-20/h5-10,13-15H,2-4,11-12H2,1H3,(H,24,28)(H,25,29). The summed E-state index contributed by atoms with van der Waals surface area (Å²) in [7, 11) is 0. The van der Waals surface area contributed by atoms with Crippen molar-refractivity contribution >= 4 is 23.2 Å². The number of carbonyl (C=O) groups is 2. The number of hydrogen-bond acceptors (Lipinski definition) is 3. The van der Waals surface area contributed by atoms with Gasteiger partial charge in [0.1, 0.15) is 5.82 Å². The lowest BCUT2D eigenvalue weighted by molar-refractivity contribution is -0.115. The number of benzene rings is 2. The van der Waals surface area contributed by atoms with Gasteiger partial charge in [-0.1, -0.05) is 25.1 Å². The predicted octanol–water partition coefficient (Wildman–Crippen LogP) is 4.49. The van der Waals surface area contributed by atoms with Gasteiger partial charge >= 0.3 is 0 Å². The summed E-state index contributed by atoms with van der Waals surface area (Å²) < 4.78 is 2.22. The van der Waals surface area contributed by atoms with Crippen molar-refractivity contribution in [3.05, 3.63) is 66.1 Å². The highest BCUT2D eigenvalue weighted by molar-refractivity contribution is 6.05. The number of fused-ring (bicyclic) bond motifs is 1. The lowest BCUT2D eigenvalue weighted by Crippen LogP contribution is -2.13. The third kappa shape index (κ3) is 4.37. The molecule has 6 heteroatoms. The van der Waals surface area contributed by atoms with Crippen LogP contribution in [0.1, 0.15) is 42.4 Å². The lowest BCUT2D eigenvalue weighted by Gasteiger charge is -2.11. The van der Waals surface area contributed by atoms with Gasteiger partial charge in [0.15, 0.2) is 0 Å². The molecule has 6 nitrogen and oxygen atoms in total. The monoisotopic (exact) mass is 388 g/mol. The summed E-state index contributed by atoms with van der Waals surface area (Å²) in [5.41, 5.74) is 3.72. The van der Waals surface area contributed by atoms with Crippen LogP contribution in [0, 0.1) is 0 Å². The van der Waals surface area contributed by atoms with Crippen molar-refractivity contribution < 1.29 is 9.59 Å². The van der Waals surface area contributed by atoms with Crippen LogP contribution in [0.2, 0.25) is 0 Å². The van der Waals surface area contributed by atoms with Gasteiger partial charge in [-0.25, -0.2) is 4.98 Å². The maximum Gasteiger partial charge on any atom is 0.255 e. The Labute approximate surface area is 170 Å². The summed E-state index contributed by atoms with van der Waals surface area (Å²) >= 11 is 0. The maximum absolute atomic E-state index is 12.7. The second-order valence-electron chi connectivity index (χ2n) is 7.21. The first-order valence-corrected chi connectivity index (χ1v) is 10.00. The van der Waals surface area contributed by atoms with E-state index in [1.54, 1.807) is 31.2 Å². The lowest BCUT2D eigenvalue weighted by atomic mass is 10.1. The van der Waals surface area contributed by atoms with Gasteiger partial charge < -0.3 is 15.2 Å². The Morgan fingerprint density at radius 2 is 1.83 bits per heavy atom. The quantitative estimate of drug-likeness (QED) is 0.676. The number of aromatic nitrogens is 2. The topological polar surface area (TPSA) is 76.0 Å². The number of nitrogens with one attached hydrogen (secondary N) is 2. The number of carbonyl (C=O) groups excluding carboxylic acids is 2. The van der Waals surface area contributed by atoms with E-state index in [4.69, 9.17) is 4.98 Å². The van der Waals surface area contributed by atoms with Crippen LogP contribution in [0.4, 0.5) is 11.4 Å². The number of rotatable bonds is 5. The van der Waals surface area contributed by atoms with Crippen LogP contribution in [0.25, 0.3) is 11.3 Å². The molecule has 3 aromatic rings. The van der Waals surface area contributed by atoms with Crippen molar-refractivity contribution in [2.45, 2.75) is 39.2 Å². The van der Waals surface area contributed by atoms with Crippen LogP contribution in [0.3, 0.4) is 0 Å². The van der Waals surface area contributed by atoms with E-state index in [0.717, 1.165) is 30.0 Å². The Balaban J connectivity index is 1.51. The first kappa shape index (κ1) is 18.9. The average molecular weight is 388 g/mol. The number of aryl methyl sites for hydroxylation is 2. The Hall–Kier alpha value is -3.41. The molecule has 0 bridgehead atoms. The third-order valence-corrected chi connectivity index (χ3v) is 5.05. The van der Waals surface area contributed by atoms with E-state index in [0.29, 0.717) is 23.4 Å². The molecule has 0 aliphatic carbocycles. The minimum Gasteiger partial charge on any atom is -0.334 e. The molecule has 0 fully saturated rings. The number of imidazole rings is 1. The number of amides is 2. The highest BCUT2D eigenvalue weighted by Gasteiger charge is 2.14. The molecular weight excluding hydrogens is 364 g/mol. The molecule has 2 aromatic carbocycles. The van der Waals surface area contributed by atoms with Crippen molar-refractivity contribution in [2.24, 2.45) is 0 Å². The fourth-order valence-corrected chi connectivity index (χ4v) is 3.50. The molecule has 0 unspecified atom stereocenters. The van der Waals surface area contributed by atoms with Crippen LogP contribution in [0.5, 0.6) is 0 Å². The van der Waals surface area contributed by atoms with Crippen molar-refractivity contribution in [1.82, 2.24) is 9.55 Å². The molecule has 0 saturated carbocycles. The fourth-order valence-electron chi connectivity index (χ4n) is 3.50. The molecule has 148 valence electrons. The molecular formula is C23H24N4O2. The highest BCUT2D eigenvalue weighted by atomic mass is 16.2. The van der Waals surface area contributed by atoms with Crippen LogP contribution in [-0.4, -0.2) is 21.4 Å². The van der Waals surface area contributed by atoms with Crippen molar-refractivity contribution in [3.63, 3.8) is 0 Å². The van der Waals surface area contributed by atoms with Gasteiger partial charge in [0, 0.05) is 48.1 Å². The minimum absolute atomic E-state index is 0.0852. The Morgan fingerprint density at radius 3 is 2.62 bits per heavy atom. The molecule has 1 aromatic heterocycles. The predicted molar refractivity (Wildman–Crippen MR) is 114 cm³/mol. The van der Waals surface area contributed by atoms with Gasteiger partial charge in [-0.15, -0.1) is 0 Å². The summed E-state index contributed by atoms with van der Waals surface area (Å²) in [4.78, 5) is 29.0. The minimum atomic E-state index is -0.223. The molecule has 0 atom stereocenters. The molecule has 0 spiro atoms. The second kappa shape index (κ2) is 8.31. The molecule has 0 radical (unpaired) electrons. The zero-order valence-corrected chi connectivity index (χ0v) is 16.4. The molecule has 29 heavy (non-hydrogen) atoms. The molecule has 1 aliphatic rings. The van der Waals surface area contributed by atoms with Crippen molar-refractivity contribution in [2.75, 3.05) is 10.6 Å². The summed E-state index contributed by atoms with van der Waals surface area (Å²) in [5, 5.41) is 5.71. The van der Waals surface area contributed by atoms with E-state index in [1.807, 2.05) is 24.3 Å². The van der Waals surface area contributed by atoms with E-state index in [2.05, 4.69) is 21.4 Å². The van der Waals surface area contributed by atoms with Gasteiger partial charge in [-0.05, 0) is 43.2 Å². The maximum atomic E-state index is 12.7. The Bertz CT molecular complexity index is 1030. The van der Waals surface area contributed by atoms with Crippen LogP contribution in [-0.2, 0) is 17.8 Å². The van der Waals surface area contributed by atoms with E-state index in [1.165, 1.54) is 12.8 Å². The van der Waals surface area contributed by atoms with Gasteiger partial charge in [0.2, 0.25) is 5.91 Å². The third-order valence-electron chi connectivity index (χ3n) is 5.05. The first-order chi connectivity index (χ1) is 14.1. The number of hydrogen-bond donors (Lipinski definition) is 2. The molecule has 2 N–H and O–H groups in total. The molecule has 4 rings (SSSR count). The second-order valence-corrected chi connectivity index (χ2v) is 7.21. The summed E-state index contributed by atoms with van der Waals surface area (Å²) in [6.45, 7) is 2.80. The van der Waals surface area contributed by atoms with Crippen molar-refractivity contribution in [3.8, 4) is 11.3 Å². The largest absolute Gasteiger partial charge is 0.334 e. The summed E-state index contributed by atoms with van der Waals surface area (Å²) in [5.74, 6) is 0.823. The number of anilines is 2. The molecule has 1 aliphatic heterocycles. The van der Waals surface area contributed by atoms with E-state index in [-0.39, 0.29) is 11.8 Å². The van der Waals surface area contributed by atoms with Crippen LogP contribution < -0.4 is 10.6 Å². The highest BCUT2D eigenvalue weighted by Crippen LogP contribution is 2.25. The van der Waals surface area contributed by atoms with Crippen LogP contribution >= 0.6 is 0 Å². The smallest absolute Gasteiger partial charge is 0.255 e. The zero-order valence-electron chi connectivity index (χ0n) is 16.4. The van der Waals surface area contributed by atoms with Gasteiger partial charge in [-0.2, -0.15) is 0 Å². The molecule has 0 saturated heterocycles. The Kier molecular flexibility index (Phi) is 5.42. The zero-order chi connectivity index (χ0) is 20.2. The molecule has 2 amide bonds. The Morgan fingerprint density at radius 1 is 1.03 bits per heavy atom. The van der Waals surface area contributed by atoms with E-state index in [9.17, 15) is 9.59 Å². The fraction of sp³-hybridized carbons (Fsp3) is 0.261. The number of nitrogens with zero attached hydrogens (tertiary/aromatic N) is 2. The van der Waals surface area contributed by atoms with E-state index >= 15 is 0 Å².